The van der Waals surface area contributed by atoms with Gasteiger partial charge < -0.3 is 4.98 Å². The summed E-state index contributed by atoms with van der Waals surface area (Å²) in [5, 5.41) is 1.13. The number of nitrogens with zero attached hydrogens (tertiary/aromatic N) is 2. The number of H-pyrrole nitrogens is 1. The highest BCUT2D eigenvalue weighted by atomic mass is 32.1. The molecule has 0 fully saturated rings. The number of para-hydroxylation sites is 1. The molecule has 0 radical (unpaired) electrons. The first-order chi connectivity index (χ1) is 10.2. The molecule has 3 aromatic rings. The van der Waals surface area contributed by atoms with Gasteiger partial charge in [-0.2, -0.15) is 0 Å². The molecular weight excluding hydrogens is 278 g/mol. The van der Waals surface area contributed by atoms with Crippen molar-refractivity contribution in [3.05, 3.63) is 52.6 Å². The average molecular weight is 295 g/mol. The van der Waals surface area contributed by atoms with Crippen molar-refractivity contribution in [2.45, 2.75) is 26.7 Å². The summed E-state index contributed by atoms with van der Waals surface area (Å²) >= 11 is 5.39. The number of fused-ring (bicyclic) bond motifs is 1. The van der Waals surface area contributed by atoms with Crippen LogP contribution < -0.4 is 0 Å². The van der Waals surface area contributed by atoms with Crippen molar-refractivity contribution < 1.29 is 0 Å². The molecular formula is C17H17N3S. The maximum absolute atomic E-state index is 5.39. The van der Waals surface area contributed by atoms with Crippen LogP contribution in [0.25, 0.3) is 22.2 Å². The Morgan fingerprint density at radius 3 is 2.86 bits per heavy atom. The van der Waals surface area contributed by atoms with Crippen molar-refractivity contribution in [2.75, 3.05) is 0 Å². The lowest BCUT2D eigenvalue weighted by Crippen LogP contribution is -2.00. The third-order valence-electron chi connectivity index (χ3n) is 3.57. The summed E-state index contributed by atoms with van der Waals surface area (Å²) in [6.07, 6.45) is 3.83. The van der Waals surface area contributed by atoms with Gasteiger partial charge in [0.25, 0.3) is 0 Å². The third-order valence-corrected chi connectivity index (χ3v) is 3.97. The summed E-state index contributed by atoms with van der Waals surface area (Å²) in [5.41, 5.74) is 4.08. The summed E-state index contributed by atoms with van der Waals surface area (Å²) in [5.74, 6) is 0.941. The molecule has 3 rings (SSSR count). The predicted molar refractivity (Wildman–Crippen MR) is 88.9 cm³/mol. The van der Waals surface area contributed by atoms with E-state index in [1.54, 1.807) is 0 Å². The van der Waals surface area contributed by atoms with Crippen molar-refractivity contribution in [2.24, 2.45) is 0 Å². The molecule has 1 N–H and O–H groups in total. The lowest BCUT2D eigenvalue weighted by Gasteiger charge is -2.10. The molecule has 21 heavy (non-hydrogen) atoms. The van der Waals surface area contributed by atoms with Crippen LogP contribution in [0, 0.1) is 11.6 Å². The van der Waals surface area contributed by atoms with Gasteiger partial charge in [0.05, 0.1) is 11.2 Å². The van der Waals surface area contributed by atoms with E-state index >= 15 is 0 Å². The molecule has 3 nitrogen and oxygen atoms in total. The largest absolute Gasteiger partial charge is 0.343 e. The fraction of sp³-hybridized carbons (Fsp3) is 0.235. The molecule has 0 amide bonds. The molecule has 2 aromatic heterocycles. The zero-order valence-electron chi connectivity index (χ0n) is 12.2. The van der Waals surface area contributed by atoms with Crippen LogP contribution in [0.2, 0.25) is 0 Å². The van der Waals surface area contributed by atoms with Gasteiger partial charge >= 0.3 is 0 Å². The Labute approximate surface area is 129 Å². The van der Waals surface area contributed by atoms with Crippen molar-refractivity contribution in [1.82, 2.24) is 15.0 Å². The Bertz CT molecular complexity index is 852. The van der Waals surface area contributed by atoms with E-state index in [1.165, 1.54) is 0 Å². The maximum Gasteiger partial charge on any atom is 0.133 e. The Morgan fingerprint density at radius 2 is 2.05 bits per heavy atom. The number of aromatic amines is 1. The minimum Gasteiger partial charge on any atom is -0.343 e. The van der Waals surface area contributed by atoms with Crippen molar-refractivity contribution in [3.63, 3.8) is 0 Å². The summed E-state index contributed by atoms with van der Waals surface area (Å²) in [7, 11) is 0. The summed E-state index contributed by atoms with van der Waals surface area (Å²) in [6, 6.07) is 10.3. The van der Waals surface area contributed by atoms with Gasteiger partial charge in [-0.15, -0.1) is 0 Å². The Kier molecular flexibility index (Phi) is 3.80. The topological polar surface area (TPSA) is 41.6 Å². The minimum atomic E-state index is 0.667. The number of hydrogen-bond acceptors (Lipinski definition) is 3. The molecule has 0 atom stereocenters. The van der Waals surface area contributed by atoms with E-state index in [4.69, 9.17) is 12.2 Å². The zero-order chi connectivity index (χ0) is 14.8. The van der Waals surface area contributed by atoms with Gasteiger partial charge in [0, 0.05) is 29.1 Å². The van der Waals surface area contributed by atoms with Gasteiger partial charge in [0.1, 0.15) is 10.5 Å². The molecule has 0 saturated carbocycles. The summed E-state index contributed by atoms with van der Waals surface area (Å²) in [4.78, 5) is 12.4. The molecule has 4 heteroatoms. The second-order valence-corrected chi connectivity index (χ2v) is 5.54. The second-order valence-electron chi connectivity index (χ2n) is 5.16. The number of aromatic nitrogens is 3. The maximum atomic E-state index is 5.39. The fourth-order valence-electron chi connectivity index (χ4n) is 2.43. The quantitative estimate of drug-likeness (QED) is 0.717. The first-order valence-corrected chi connectivity index (χ1v) is 7.55. The molecule has 1 aromatic carbocycles. The molecule has 0 aliphatic heterocycles. The number of pyridine rings is 1. The Balaban J connectivity index is 2.19. The van der Waals surface area contributed by atoms with Gasteiger partial charge in [-0.3, -0.25) is 4.98 Å². The van der Waals surface area contributed by atoms with Gasteiger partial charge in [-0.1, -0.05) is 37.3 Å². The third kappa shape index (κ3) is 2.72. The SMILES string of the molecule is CCCc1nc(=S)c(C)c(-c2cnc3ccccc3c2)[nH]1. The number of benzene rings is 1. The standard InChI is InChI=1S/C17H17N3S/c1-3-6-15-19-16(11(2)17(21)20-15)13-9-12-7-4-5-8-14(12)18-10-13/h4-5,7-10H,3,6H2,1-2H3,(H,19,20,21). The molecule has 0 saturated heterocycles. The van der Waals surface area contributed by atoms with E-state index in [0.29, 0.717) is 4.64 Å². The number of rotatable bonds is 3. The zero-order valence-corrected chi connectivity index (χ0v) is 13.0. The number of hydrogen-bond donors (Lipinski definition) is 1. The monoisotopic (exact) mass is 295 g/mol. The van der Waals surface area contributed by atoms with Gasteiger partial charge in [0.15, 0.2) is 0 Å². The lowest BCUT2D eigenvalue weighted by atomic mass is 10.1. The smallest absolute Gasteiger partial charge is 0.133 e. The van der Waals surface area contributed by atoms with Crippen molar-refractivity contribution in [1.29, 1.82) is 0 Å². The van der Waals surface area contributed by atoms with E-state index in [-0.39, 0.29) is 0 Å². The Morgan fingerprint density at radius 1 is 1.24 bits per heavy atom. The molecule has 0 aliphatic carbocycles. The van der Waals surface area contributed by atoms with Gasteiger partial charge in [-0.25, -0.2) is 4.98 Å². The molecule has 0 aliphatic rings. The molecule has 0 spiro atoms. The first-order valence-electron chi connectivity index (χ1n) is 7.14. The van der Waals surface area contributed by atoms with Crippen LogP contribution in [0.5, 0.6) is 0 Å². The van der Waals surface area contributed by atoms with Crippen LogP contribution in [0.15, 0.2) is 36.5 Å². The normalized spacial score (nSPS) is 11.0. The van der Waals surface area contributed by atoms with Gasteiger partial charge in [-0.05, 0) is 25.5 Å². The van der Waals surface area contributed by atoms with Crippen LogP contribution in [0.3, 0.4) is 0 Å². The highest BCUT2D eigenvalue weighted by Crippen LogP contribution is 2.24. The fourth-order valence-corrected chi connectivity index (χ4v) is 2.64. The average Bonchev–Trinajstić information content (AvgIpc) is 2.50. The van der Waals surface area contributed by atoms with Crippen LogP contribution >= 0.6 is 12.2 Å². The van der Waals surface area contributed by atoms with Crippen LogP contribution in [-0.4, -0.2) is 15.0 Å². The molecule has 0 bridgehead atoms. The van der Waals surface area contributed by atoms with E-state index in [1.807, 2.05) is 31.3 Å². The van der Waals surface area contributed by atoms with Crippen LogP contribution in [0.4, 0.5) is 0 Å². The molecule has 106 valence electrons. The molecule has 0 unspecified atom stereocenters. The number of nitrogens with one attached hydrogen (secondary N) is 1. The lowest BCUT2D eigenvalue weighted by molar-refractivity contribution is 0.829. The molecule has 2 heterocycles. The highest BCUT2D eigenvalue weighted by Gasteiger charge is 2.08. The van der Waals surface area contributed by atoms with E-state index in [9.17, 15) is 0 Å². The van der Waals surface area contributed by atoms with E-state index < -0.39 is 0 Å². The van der Waals surface area contributed by atoms with Crippen molar-refractivity contribution in [3.8, 4) is 11.3 Å². The second kappa shape index (κ2) is 5.74. The van der Waals surface area contributed by atoms with Crippen LogP contribution in [-0.2, 0) is 6.42 Å². The van der Waals surface area contributed by atoms with Crippen molar-refractivity contribution >= 4 is 23.1 Å². The summed E-state index contributed by atoms with van der Waals surface area (Å²) < 4.78 is 0.667. The first kappa shape index (κ1) is 13.9. The summed E-state index contributed by atoms with van der Waals surface area (Å²) in [6.45, 7) is 4.14. The van der Waals surface area contributed by atoms with Gasteiger partial charge in [0.2, 0.25) is 0 Å². The highest BCUT2D eigenvalue weighted by molar-refractivity contribution is 7.71. The minimum absolute atomic E-state index is 0.667. The predicted octanol–water partition coefficient (Wildman–Crippen LogP) is 4.62. The van der Waals surface area contributed by atoms with E-state index in [2.05, 4.69) is 34.0 Å². The van der Waals surface area contributed by atoms with Crippen LogP contribution in [0.1, 0.15) is 24.7 Å². The Hall–Kier alpha value is -2.07. The number of aryl methyl sites for hydroxylation is 1. The van der Waals surface area contributed by atoms with E-state index in [0.717, 1.165) is 46.4 Å².